The van der Waals surface area contributed by atoms with E-state index in [9.17, 15) is 18.0 Å². The summed E-state index contributed by atoms with van der Waals surface area (Å²) in [6.07, 6.45) is 5.57. The summed E-state index contributed by atoms with van der Waals surface area (Å²) in [6, 6.07) is 0.141. The van der Waals surface area contributed by atoms with Crippen LogP contribution in [-0.4, -0.2) is 26.4 Å². The molecule has 0 heterocycles. The Balaban J connectivity index is 1.45. The minimum Gasteiger partial charge on any atom is -0.414 e. The highest BCUT2D eigenvalue weighted by Gasteiger charge is 2.58. The van der Waals surface area contributed by atoms with Crippen molar-refractivity contribution in [2.24, 2.45) is 28.6 Å². The quantitative estimate of drug-likeness (QED) is 0.344. The number of allylic oxidation sites excluding steroid dienone is 1. The molecule has 4 aliphatic rings. The van der Waals surface area contributed by atoms with Crippen molar-refractivity contribution in [2.45, 2.75) is 103 Å². The van der Waals surface area contributed by atoms with Crippen LogP contribution in [0.2, 0.25) is 19.1 Å². The lowest BCUT2D eigenvalue weighted by molar-refractivity contribution is -0.132. The molecule has 3 fully saturated rings. The SMILES string of the molecule is CC12CCC3C(CC=C4CC(O[Si](C)(C)CCC(F)(F)F)CCC43C)C1CCC2=O. The highest BCUT2D eigenvalue weighted by atomic mass is 28.4. The molecule has 0 amide bonds. The molecule has 0 radical (unpaired) electrons. The molecule has 6 heteroatoms. The largest absolute Gasteiger partial charge is 0.414 e. The Bertz CT molecular complexity index is 730. The first kappa shape index (κ1) is 22.6. The Morgan fingerprint density at radius 2 is 1.77 bits per heavy atom. The maximum absolute atomic E-state index is 12.7. The van der Waals surface area contributed by atoms with Crippen molar-refractivity contribution in [3.05, 3.63) is 11.6 Å². The van der Waals surface area contributed by atoms with Gasteiger partial charge in [0.1, 0.15) is 5.78 Å². The number of fused-ring (bicyclic) bond motifs is 5. The first-order valence-corrected chi connectivity index (χ1v) is 14.9. The third kappa shape index (κ3) is 3.96. The molecule has 0 aliphatic heterocycles. The van der Waals surface area contributed by atoms with Gasteiger partial charge in [-0.3, -0.25) is 4.79 Å². The van der Waals surface area contributed by atoms with Crippen LogP contribution >= 0.6 is 0 Å². The van der Waals surface area contributed by atoms with Crippen LogP contribution in [-0.2, 0) is 9.22 Å². The number of carbonyl (C=O) groups is 1. The molecule has 4 aliphatic carbocycles. The fourth-order valence-electron chi connectivity index (χ4n) is 7.45. The molecule has 6 unspecified atom stereocenters. The minimum absolute atomic E-state index is 0.0673. The molecule has 0 bridgehead atoms. The van der Waals surface area contributed by atoms with Gasteiger partial charge in [0.15, 0.2) is 8.32 Å². The van der Waals surface area contributed by atoms with Gasteiger partial charge in [0.25, 0.3) is 0 Å². The van der Waals surface area contributed by atoms with E-state index in [2.05, 4.69) is 19.9 Å². The zero-order valence-electron chi connectivity index (χ0n) is 18.9. The zero-order chi connectivity index (χ0) is 21.9. The second kappa shape index (κ2) is 7.46. The normalized spacial score (nSPS) is 41.7. The van der Waals surface area contributed by atoms with Crippen LogP contribution in [0.25, 0.3) is 0 Å². The van der Waals surface area contributed by atoms with Gasteiger partial charge in [-0.1, -0.05) is 25.5 Å². The molecule has 0 aromatic rings. The summed E-state index contributed by atoms with van der Waals surface area (Å²) in [6.45, 7) is 8.48. The zero-order valence-corrected chi connectivity index (χ0v) is 19.9. The number of alkyl halides is 3. The molecule has 0 spiro atoms. The summed E-state index contributed by atoms with van der Waals surface area (Å²) >= 11 is 0. The molecule has 2 nitrogen and oxygen atoms in total. The minimum atomic E-state index is -4.10. The van der Waals surface area contributed by atoms with Gasteiger partial charge in [-0.25, -0.2) is 0 Å². The van der Waals surface area contributed by atoms with E-state index >= 15 is 0 Å². The molecular formula is C24H37F3O2Si. The molecule has 170 valence electrons. The van der Waals surface area contributed by atoms with Crippen LogP contribution in [0.5, 0.6) is 0 Å². The lowest BCUT2D eigenvalue weighted by Crippen LogP contribution is -2.51. The van der Waals surface area contributed by atoms with Crippen LogP contribution in [0.3, 0.4) is 0 Å². The maximum atomic E-state index is 12.7. The molecular weight excluding hydrogens is 405 g/mol. The summed E-state index contributed by atoms with van der Waals surface area (Å²) in [5.74, 6) is 2.26. The van der Waals surface area contributed by atoms with Crippen LogP contribution in [0.1, 0.15) is 71.6 Å². The molecule has 6 atom stereocenters. The van der Waals surface area contributed by atoms with Crippen molar-refractivity contribution in [2.75, 3.05) is 0 Å². The Kier molecular flexibility index (Phi) is 5.62. The van der Waals surface area contributed by atoms with Crippen molar-refractivity contribution in [3.8, 4) is 0 Å². The van der Waals surface area contributed by atoms with Gasteiger partial charge >= 0.3 is 6.18 Å². The molecule has 0 N–H and O–H groups in total. The van der Waals surface area contributed by atoms with Crippen LogP contribution in [0.15, 0.2) is 11.6 Å². The third-order valence-corrected chi connectivity index (χ3v) is 11.7. The summed E-state index contributed by atoms with van der Waals surface area (Å²) in [7, 11) is -2.34. The third-order valence-electron chi connectivity index (χ3n) is 9.26. The van der Waals surface area contributed by atoms with Gasteiger partial charge in [-0.15, -0.1) is 0 Å². The van der Waals surface area contributed by atoms with Crippen molar-refractivity contribution >= 4 is 14.1 Å². The van der Waals surface area contributed by atoms with E-state index in [1.807, 2.05) is 13.1 Å². The highest BCUT2D eigenvalue weighted by molar-refractivity contribution is 6.71. The van der Waals surface area contributed by atoms with Gasteiger partial charge < -0.3 is 4.43 Å². The van der Waals surface area contributed by atoms with Crippen LogP contribution in [0.4, 0.5) is 13.2 Å². The summed E-state index contributed by atoms with van der Waals surface area (Å²) in [5.41, 5.74) is 1.55. The van der Waals surface area contributed by atoms with Crippen molar-refractivity contribution in [3.63, 3.8) is 0 Å². The van der Waals surface area contributed by atoms with Gasteiger partial charge in [0, 0.05) is 24.4 Å². The van der Waals surface area contributed by atoms with E-state index in [1.54, 1.807) is 0 Å². The first-order valence-electron chi connectivity index (χ1n) is 11.8. The highest BCUT2D eigenvalue weighted by Crippen LogP contribution is 2.64. The van der Waals surface area contributed by atoms with Gasteiger partial charge in [-0.2, -0.15) is 13.2 Å². The monoisotopic (exact) mass is 442 g/mol. The predicted molar refractivity (Wildman–Crippen MR) is 115 cm³/mol. The summed E-state index contributed by atoms with van der Waals surface area (Å²) < 4.78 is 44.4. The molecule has 0 saturated heterocycles. The number of ketones is 1. The summed E-state index contributed by atoms with van der Waals surface area (Å²) in [4.78, 5) is 12.6. The molecule has 4 rings (SSSR count). The number of rotatable bonds is 4. The maximum Gasteiger partial charge on any atom is 0.388 e. The standard InChI is InChI=1S/C24H37F3O2Si/c1-22-11-9-17(29-30(3,4)14-13-24(25,26)27)15-16(22)5-6-18-19-7-8-21(28)23(19,2)12-10-20(18)22/h5,17-20H,6-15H2,1-4H3. The van der Waals surface area contributed by atoms with Gasteiger partial charge in [0.2, 0.25) is 0 Å². The molecule has 30 heavy (non-hydrogen) atoms. The first-order chi connectivity index (χ1) is 13.8. The summed E-state index contributed by atoms with van der Waals surface area (Å²) in [5, 5.41) is 0. The van der Waals surface area contributed by atoms with Crippen molar-refractivity contribution in [1.82, 2.24) is 0 Å². The van der Waals surface area contributed by atoms with Crippen LogP contribution in [0, 0.1) is 28.6 Å². The predicted octanol–water partition coefficient (Wildman–Crippen LogP) is 7.06. The van der Waals surface area contributed by atoms with E-state index in [0.717, 1.165) is 51.4 Å². The lowest BCUT2D eigenvalue weighted by Gasteiger charge is -2.57. The fraction of sp³-hybridized carbons (Fsp3) is 0.875. The van der Waals surface area contributed by atoms with Gasteiger partial charge in [0.05, 0.1) is 0 Å². The second-order valence-corrected chi connectivity index (χ2v) is 15.8. The number of halogens is 3. The van der Waals surface area contributed by atoms with Crippen molar-refractivity contribution < 1.29 is 22.4 Å². The van der Waals surface area contributed by atoms with E-state index in [0.29, 0.717) is 23.5 Å². The van der Waals surface area contributed by atoms with Crippen molar-refractivity contribution in [1.29, 1.82) is 0 Å². The van der Waals surface area contributed by atoms with Crippen LogP contribution < -0.4 is 0 Å². The molecule has 0 aromatic carbocycles. The number of hydrogen-bond donors (Lipinski definition) is 0. The average molecular weight is 443 g/mol. The number of hydrogen-bond acceptors (Lipinski definition) is 2. The number of Topliss-reactive ketones (excluding diaryl/α,β-unsaturated/α-hetero) is 1. The van der Waals surface area contributed by atoms with E-state index in [4.69, 9.17) is 4.43 Å². The lowest BCUT2D eigenvalue weighted by atomic mass is 9.48. The molecule has 0 aromatic heterocycles. The Morgan fingerprint density at radius 1 is 1.10 bits per heavy atom. The Labute approximate surface area is 180 Å². The van der Waals surface area contributed by atoms with E-state index in [1.165, 1.54) is 5.57 Å². The number of carbonyl (C=O) groups excluding carboxylic acids is 1. The van der Waals surface area contributed by atoms with Gasteiger partial charge in [-0.05, 0) is 87.3 Å². The van der Waals surface area contributed by atoms with E-state index in [-0.39, 0.29) is 23.0 Å². The fourth-order valence-corrected chi connectivity index (χ4v) is 9.56. The smallest absolute Gasteiger partial charge is 0.388 e. The molecule has 3 saturated carbocycles. The Hall–Kier alpha value is -0.623. The van der Waals surface area contributed by atoms with E-state index < -0.39 is 20.9 Å². The topological polar surface area (TPSA) is 26.3 Å². The Morgan fingerprint density at radius 3 is 2.47 bits per heavy atom. The average Bonchev–Trinajstić information content (AvgIpc) is 2.95. The second-order valence-electron chi connectivity index (χ2n) is 11.5.